The number of nitrogens with zero attached hydrogens (tertiary/aromatic N) is 5. The van der Waals surface area contributed by atoms with Crippen molar-refractivity contribution in [1.29, 1.82) is 0 Å². The molecule has 2 aliphatic carbocycles. The summed E-state index contributed by atoms with van der Waals surface area (Å²) in [4.78, 5) is 58.2. The summed E-state index contributed by atoms with van der Waals surface area (Å²) < 4.78 is 5.47. The molecule has 3 aliphatic rings. The summed E-state index contributed by atoms with van der Waals surface area (Å²) in [5.41, 5.74) is 4.35. The molecule has 1 amide bonds. The van der Waals surface area contributed by atoms with Gasteiger partial charge in [-0.2, -0.15) is 0 Å². The van der Waals surface area contributed by atoms with Crippen molar-refractivity contribution >= 4 is 57.6 Å². The smallest absolute Gasteiger partial charge is 0.245 e. The van der Waals surface area contributed by atoms with Gasteiger partial charge in [-0.1, -0.05) is 61.5 Å². The first-order valence-electron chi connectivity index (χ1n) is 15.5. The number of anilines is 3. The number of benzene rings is 3. The lowest BCUT2D eigenvalue weighted by Crippen LogP contribution is -2.59. The highest BCUT2D eigenvalue weighted by atomic mass is 32.1. The molecule has 3 heterocycles. The Morgan fingerprint density at radius 1 is 1.02 bits per heavy atom. The second-order valence-corrected chi connectivity index (χ2v) is 13.1. The Kier molecular flexibility index (Phi) is 6.95. The number of carbonyl (C=O) groups is 3. The minimum atomic E-state index is -1.14. The predicted octanol–water partition coefficient (Wildman–Crippen LogP) is 4.39. The number of ketones is 2. The quantitative estimate of drug-likeness (QED) is 0.285. The first kappa shape index (κ1) is 29.7. The summed E-state index contributed by atoms with van der Waals surface area (Å²) in [7, 11) is 1.61. The van der Waals surface area contributed by atoms with Gasteiger partial charge in [0, 0.05) is 22.4 Å². The molecule has 2 unspecified atom stereocenters. The van der Waals surface area contributed by atoms with Gasteiger partial charge in [0.1, 0.15) is 23.3 Å². The number of rotatable bonds is 6. The lowest BCUT2D eigenvalue weighted by Gasteiger charge is -2.42. The van der Waals surface area contributed by atoms with E-state index in [4.69, 9.17) is 4.74 Å². The molecule has 48 heavy (non-hydrogen) atoms. The number of aromatic nitrogens is 3. The zero-order valence-corrected chi connectivity index (χ0v) is 27.2. The second kappa shape index (κ2) is 11.2. The zero-order valence-electron chi connectivity index (χ0n) is 26.4. The van der Waals surface area contributed by atoms with E-state index in [0.29, 0.717) is 33.6 Å². The lowest BCUT2D eigenvalue weighted by molar-refractivity contribution is -0.126. The van der Waals surface area contributed by atoms with Gasteiger partial charge in [-0.3, -0.25) is 14.4 Å². The fourth-order valence-corrected chi connectivity index (χ4v) is 7.87. The lowest BCUT2D eigenvalue weighted by atomic mass is 9.73. The van der Waals surface area contributed by atoms with Gasteiger partial charge >= 0.3 is 0 Å². The Morgan fingerprint density at radius 3 is 2.60 bits per heavy atom. The van der Waals surface area contributed by atoms with E-state index in [-0.39, 0.29) is 30.7 Å². The molecule has 0 bridgehead atoms. The molecule has 11 heteroatoms. The van der Waals surface area contributed by atoms with Gasteiger partial charge in [0.15, 0.2) is 22.5 Å². The van der Waals surface area contributed by atoms with E-state index in [0.717, 1.165) is 32.7 Å². The minimum absolute atomic E-state index is 0.00000459. The number of thiazole rings is 1. The van der Waals surface area contributed by atoms with Crippen molar-refractivity contribution in [3.8, 4) is 28.1 Å². The van der Waals surface area contributed by atoms with Gasteiger partial charge < -0.3 is 19.9 Å². The third-order valence-corrected chi connectivity index (χ3v) is 10.2. The summed E-state index contributed by atoms with van der Waals surface area (Å²) in [5, 5.41) is 6.95. The number of hydrogen-bond acceptors (Lipinski definition) is 10. The fraction of sp³-hybridized carbons (Fsp3) is 0.189. The van der Waals surface area contributed by atoms with Crippen LogP contribution in [0, 0.1) is 5.92 Å². The van der Waals surface area contributed by atoms with E-state index in [1.807, 2.05) is 95.8 Å². The Balaban J connectivity index is 1.12. The molecule has 5 aromatic rings. The second-order valence-electron chi connectivity index (χ2n) is 12.2. The number of ether oxygens (including phenoxy) is 1. The maximum atomic E-state index is 14.3. The van der Waals surface area contributed by atoms with Crippen LogP contribution in [0.25, 0.3) is 34.5 Å². The molecule has 1 aliphatic heterocycles. The summed E-state index contributed by atoms with van der Waals surface area (Å²) in [6, 6.07) is 19.2. The van der Waals surface area contributed by atoms with Crippen molar-refractivity contribution in [2.24, 2.45) is 5.92 Å². The Bertz CT molecular complexity index is 2300. The van der Waals surface area contributed by atoms with E-state index in [2.05, 4.69) is 20.3 Å². The van der Waals surface area contributed by atoms with Gasteiger partial charge in [0.25, 0.3) is 0 Å². The van der Waals surface area contributed by atoms with Gasteiger partial charge in [0.2, 0.25) is 5.91 Å². The molecule has 8 rings (SSSR count). The van der Waals surface area contributed by atoms with Gasteiger partial charge in [-0.15, -0.1) is 11.3 Å². The number of nitrogens with one attached hydrogen (secondary N) is 1. The molecule has 10 nitrogen and oxygen atoms in total. The molecule has 2 atom stereocenters. The molecule has 0 saturated carbocycles. The first-order valence-corrected chi connectivity index (χ1v) is 16.4. The number of amides is 1. The van der Waals surface area contributed by atoms with Gasteiger partial charge in [0.05, 0.1) is 32.2 Å². The van der Waals surface area contributed by atoms with Crippen LogP contribution in [-0.4, -0.2) is 52.7 Å². The molecule has 0 saturated heterocycles. The van der Waals surface area contributed by atoms with Crippen LogP contribution in [0.2, 0.25) is 0 Å². The molecule has 238 valence electrons. The molecule has 3 aromatic carbocycles. The highest BCUT2D eigenvalue weighted by molar-refractivity contribution is 7.14. The Hall–Kier alpha value is -5.68. The number of methoxy groups -OCH3 is 1. The monoisotopic (exact) mass is 654 g/mol. The van der Waals surface area contributed by atoms with E-state index >= 15 is 0 Å². The van der Waals surface area contributed by atoms with Crippen molar-refractivity contribution < 1.29 is 19.1 Å². The maximum absolute atomic E-state index is 14.3. The van der Waals surface area contributed by atoms with Crippen molar-refractivity contribution in [3.05, 3.63) is 100 Å². The zero-order chi connectivity index (χ0) is 33.2. The Morgan fingerprint density at radius 2 is 1.79 bits per heavy atom. The molecule has 2 aromatic heterocycles. The van der Waals surface area contributed by atoms with Crippen LogP contribution in [0.4, 0.5) is 16.6 Å². The van der Waals surface area contributed by atoms with Crippen molar-refractivity contribution in [3.63, 3.8) is 0 Å². The standard InChI is InChI=1S/C37H30N6O4S/c1-21-14-27-26-15-31(44)24-9-5-4-8-22(24)23(26)12-13-28(27)37(2,34(21)46)43-20-42(30-16-38-19-39-35(30)43)17-33(45)41-36-40-29(18-48-36)25-10-6-7-11-32(25)47-3/h4-16,18-19,21H,17,20H2,1-3H3,(H,40,41,45). The first-order chi connectivity index (χ1) is 23.3. The SMILES string of the molecule is COc1ccccc1-c1csc(NC(=O)CN2CN(C3(C)C(=O)C(C)C=c4c3ccc3c4=CC(=O)c4ccccc4-3)c3ncncc32)n1. The maximum Gasteiger partial charge on any atom is 0.245 e. The van der Waals surface area contributed by atoms with Crippen LogP contribution in [0.3, 0.4) is 0 Å². The topological polar surface area (TPSA) is 118 Å². The number of carbonyl (C=O) groups excluding carboxylic acids is 3. The van der Waals surface area contributed by atoms with Crippen molar-refractivity contribution in [2.75, 3.05) is 35.4 Å². The molecular weight excluding hydrogens is 625 g/mol. The number of fused-ring (bicyclic) bond motifs is 6. The van der Waals surface area contributed by atoms with Crippen LogP contribution >= 0.6 is 11.3 Å². The molecule has 0 spiro atoms. The number of para-hydroxylation sites is 1. The minimum Gasteiger partial charge on any atom is -0.496 e. The predicted molar refractivity (Wildman–Crippen MR) is 185 cm³/mol. The van der Waals surface area contributed by atoms with Crippen LogP contribution in [0.5, 0.6) is 5.75 Å². The third-order valence-electron chi connectivity index (χ3n) is 9.47. The van der Waals surface area contributed by atoms with Crippen LogP contribution in [0.1, 0.15) is 29.8 Å². The van der Waals surface area contributed by atoms with Crippen molar-refractivity contribution in [1.82, 2.24) is 15.0 Å². The van der Waals surface area contributed by atoms with Crippen LogP contribution < -0.4 is 30.3 Å². The summed E-state index contributed by atoms with van der Waals surface area (Å²) in [5.74, 6) is 0.501. The summed E-state index contributed by atoms with van der Waals surface area (Å²) in [6.45, 7) is 4.01. The van der Waals surface area contributed by atoms with Crippen LogP contribution in [-0.2, 0) is 15.1 Å². The average molecular weight is 655 g/mol. The van der Waals surface area contributed by atoms with E-state index in [1.54, 1.807) is 19.4 Å². The number of hydrogen-bond donors (Lipinski definition) is 1. The van der Waals surface area contributed by atoms with Gasteiger partial charge in [-0.05, 0) is 52.3 Å². The highest BCUT2D eigenvalue weighted by Gasteiger charge is 2.50. The molecule has 0 fully saturated rings. The normalized spacial score (nSPS) is 19.0. The average Bonchev–Trinajstić information content (AvgIpc) is 3.72. The highest BCUT2D eigenvalue weighted by Crippen LogP contribution is 2.44. The molecular formula is C37H30N6O4S. The fourth-order valence-electron chi connectivity index (χ4n) is 7.15. The van der Waals surface area contributed by atoms with Crippen LogP contribution in [0.15, 0.2) is 78.6 Å². The van der Waals surface area contributed by atoms with E-state index in [1.165, 1.54) is 17.7 Å². The van der Waals surface area contributed by atoms with E-state index in [9.17, 15) is 14.4 Å². The Labute approximate surface area is 280 Å². The summed E-state index contributed by atoms with van der Waals surface area (Å²) in [6.07, 6.45) is 6.77. The van der Waals surface area contributed by atoms with E-state index < -0.39 is 11.5 Å². The largest absolute Gasteiger partial charge is 0.496 e. The summed E-state index contributed by atoms with van der Waals surface area (Å²) >= 11 is 1.33. The molecule has 0 radical (unpaired) electrons. The van der Waals surface area contributed by atoms with Crippen molar-refractivity contribution in [2.45, 2.75) is 19.4 Å². The number of Topliss-reactive ketones (excluding diaryl/α,β-unsaturated/α-hetero) is 2. The third kappa shape index (κ3) is 4.53. The van der Waals surface area contributed by atoms with Gasteiger partial charge in [-0.25, -0.2) is 15.0 Å². The molecule has 1 N–H and O–H groups in total.